The molecule has 0 unspecified atom stereocenters. The number of rotatable bonds is 1. The van der Waals surface area contributed by atoms with Crippen LogP contribution in [0.1, 0.15) is 11.6 Å². The molecule has 1 aliphatic rings. The molecule has 0 saturated carbocycles. The van der Waals surface area contributed by atoms with Gasteiger partial charge in [0.1, 0.15) is 12.4 Å². The van der Waals surface area contributed by atoms with Crippen LogP contribution in [0.5, 0.6) is 0 Å². The van der Waals surface area contributed by atoms with E-state index in [1.54, 1.807) is 12.1 Å². The number of halogens is 3. The van der Waals surface area contributed by atoms with E-state index in [0.717, 1.165) is 0 Å². The minimum atomic E-state index is -0.467. The van der Waals surface area contributed by atoms with Crippen molar-refractivity contribution in [2.24, 2.45) is 0 Å². The van der Waals surface area contributed by atoms with E-state index in [4.69, 9.17) is 4.74 Å². The zero-order chi connectivity index (χ0) is 10.1. The molecule has 0 aliphatic carbocycles. The highest BCUT2D eigenvalue weighted by Gasteiger charge is 2.26. The number of hydrogen-bond acceptors (Lipinski definition) is 2. The first kappa shape index (κ1) is 12.3. The van der Waals surface area contributed by atoms with Crippen LogP contribution in [0.3, 0.4) is 0 Å². The number of hydrogen-bond donors (Lipinski definition) is 1. The summed E-state index contributed by atoms with van der Waals surface area (Å²) in [6, 6.07) is 4.42. The van der Waals surface area contributed by atoms with Gasteiger partial charge < -0.3 is 10.1 Å². The molecule has 0 aromatic heterocycles. The molecule has 2 rings (SSSR count). The van der Waals surface area contributed by atoms with Gasteiger partial charge in [-0.25, -0.2) is 9.18 Å². The van der Waals surface area contributed by atoms with Crippen LogP contribution in [0.2, 0.25) is 0 Å². The van der Waals surface area contributed by atoms with Crippen molar-refractivity contribution in [2.75, 3.05) is 6.61 Å². The molecular weight excluding hydrogens is 288 g/mol. The van der Waals surface area contributed by atoms with Gasteiger partial charge in [0, 0.05) is 0 Å². The van der Waals surface area contributed by atoms with E-state index < -0.39 is 6.09 Å². The minimum Gasteiger partial charge on any atom is -0.447 e. The highest BCUT2D eigenvalue weighted by molar-refractivity contribution is 9.10. The lowest BCUT2D eigenvalue weighted by Gasteiger charge is -2.09. The third kappa shape index (κ3) is 2.41. The molecule has 1 heterocycles. The van der Waals surface area contributed by atoms with Gasteiger partial charge >= 0.3 is 6.09 Å². The van der Waals surface area contributed by atoms with Gasteiger partial charge in [-0.05, 0) is 27.6 Å². The van der Waals surface area contributed by atoms with Crippen molar-refractivity contribution < 1.29 is 13.9 Å². The van der Waals surface area contributed by atoms with Crippen LogP contribution in [0.15, 0.2) is 22.7 Å². The summed E-state index contributed by atoms with van der Waals surface area (Å²) in [5, 5.41) is 2.58. The third-order valence-corrected chi connectivity index (χ3v) is 2.87. The Kier molecular flexibility index (Phi) is 3.93. The maximum atomic E-state index is 13.1. The highest BCUT2D eigenvalue weighted by Crippen LogP contribution is 2.28. The standard InChI is InChI=1S/C9H7BrFNO2.ClH/c10-8-5(2-1-3-6(8)11)7-4-14-9(13)12-7;/h1-3,7H,4H2,(H,12,13);1H/t7-;/m0./s1. The Hall–Kier alpha value is -0.810. The maximum Gasteiger partial charge on any atom is 0.407 e. The van der Waals surface area contributed by atoms with Crippen LogP contribution in [-0.4, -0.2) is 12.7 Å². The molecule has 0 radical (unpaired) electrons. The molecule has 1 N–H and O–H groups in total. The van der Waals surface area contributed by atoms with Crippen LogP contribution >= 0.6 is 28.3 Å². The van der Waals surface area contributed by atoms with E-state index in [1.165, 1.54) is 6.07 Å². The first-order valence-corrected chi connectivity index (χ1v) is 4.85. The second kappa shape index (κ2) is 4.81. The fraction of sp³-hybridized carbons (Fsp3) is 0.222. The van der Waals surface area contributed by atoms with Crippen LogP contribution in [-0.2, 0) is 4.74 Å². The fourth-order valence-corrected chi connectivity index (χ4v) is 1.88. The Balaban J connectivity index is 0.00000112. The number of ether oxygens (including phenoxy) is 1. The summed E-state index contributed by atoms with van der Waals surface area (Å²) in [5.41, 5.74) is 0.691. The number of amides is 1. The van der Waals surface area contributed by atoms with E-state index in [0.29, 0.717) is 10.0 Å². The van der Waals surface area contributed by atoms with Crippen LogP contribution in [0.25, 0.3) is 0 Å². The molecule has 1 atom stereocenters. The molecule has 0 bridgehead atoms. The monoisotopic (exact) mass is 295 g/mol. The van der Waals surface area contributed by atoms with Crippen molar-refractivity contribution in [2.45, 2.75) is 6.04 Å². The second-order valence-corrected chi connectivity index (χ2v) is 3.73. The number of cyclic esters (lactones) is 1. The maximum absolute atomic E-state index is 13.1. The first-order valence-electron chi connectivity index (χ1n) is 4.05. The Morgan fingerprint density at radius 3 is 2.87 bits per heavy atom. The molecule has 82 valence electrons. The Morgan fingerprint density at radius 1 is 1.53 bits per heavy atom. The smallest absolute Gasteiger partial charge is 0.407 e. The van der Waals surface area contributed by atoms with Crippen molar-refractivity contribution in [1.82, 2.24) is 5.32 Å². The Morgan fingerprint density at radius 2 is 2.27 bits per heavy atom. The van der Waals surface area contributed by atoms with E-state index in [1.807, 2.05) is 0 Å². The number of nitrogens with one attached hydrogen (secondary N) is 1. The van der Waals surface area contributed by atoms with Crippen molar-refractivity contribution in [1.29, 1.82) is 0 Å². The summed E-state index contributed by atoms with van der Waals surface area (Å²) in [5.74, 6) is -0.344. The molecule has 1 saturated heterocycles. The summed E-state index contributed by atoms with van der Waals surface area (Å²) >= 11 is 3.13. The first-order chi connectivity index (χ1) is 6.68. The van der Waals surface area contributed by atoms with E-state index in [2.05, 4.69) is 21.2 Å². The Labute approximate surface area is 101 Å². The lowest BCUT2D eigenvalue weighted by Crippen LogP contribution is -2.18. The van der Waals surface area contributed by atoms with Gasteiger partial charge in [-0.1, -0.05) is 12.1 Å². The van der Waals surface area contributed by atoms with Gasteiger partial charge in [0.25, 0.3) is 0 Å². The predicted molar refractivity (Wildman–Crippen MR) is 58.6 cm³/mol. The molecule has 3 nitrogen and oxygen atoms in total. The normalized spacial score (nSPS) is 19.1. The predicted octanol–water partition coefficient (Wildman–Crippen LogP) is 2.79. The second-order valence-electron chi connectivity index (χ2n) is 2.94. The average Bonchev–Trinajstić information content (AvgIpc) is 2.57. The molecule has 1 aromatic carbocycles. The Bertz CT molecular complexity index is 388. The van der Waals surface area contributed by atoms with Gasteiger partial charge in [0.15, 0.2) is 0 Å². The molecule has 15 heavy (non-hydrogen) atoms. The van der Waals surface area contributed by atoms with Crippen molar-refractivity contribution in [3.05, 3.63) is 34.1 Å². The summed E-state index contributed by atoms with van der Waals surface area (Å²) in [6.07, 6.45) is -0.467. The highest BCUT2D eigenvalue weighted by atomic mass is 79.9. The summed E-state index contributed by atoms with van der Waals surface area (Å²) in [6.45, 7) is 0.237. The van der Waals surface area contributed by atoms with Crippen LogP contribution in [0, 0.1) is 5.82 Å². The molecule has 0 spiro atoms. The number of alkyl carbamates (subject to hydrolysis) is 1. The summed E-state index contributed by atoms with van der Waals surface area (Å²) in [7, 11) is 0. The number of carbonyl (C=O) groups excluding carboxylic acids is 1. The van der Waals surface area contributed by atoms with Crippen molar-refractivity contribution >= 4 is 34.4 Å². The average molecular weight is 297 g/mol. The van der Waals surface area contributed by atoms with Gasteiger partial charge in [0.05, 0.1) is 10.5 Å². The van der Waals surface area contributed by atoms with Gasteiger partial charge in [-0.2, -0.15) is 0 Å². The number of carbonyl (C=O) groups is 1. The fourth-order valence-electron chi connectivity index (χ4n) is 1.34. The molecule has 6 heteroatoms. The molecule has 1 fully saturated rings. The molecule has 1 aromatic rings. The lowest BCUT2D eigenvalue weighted by molar-refractivity contribution is 0.177. The van der Waals surface area contributed by atoms with Gasteiger partial charge in [0.2, 0.25) is 0 Å². The van der Waals surface area contributed by atoms with E-state index in [-0.39, 0.29) is 30.9 Å². The number of benzene rings is 1. The van der Waals surface area contributed by atoms with Crippen molar-refractivity contribution in [3.63, 3.8) is 0 Å². The van der Waals surface area contributed by atoms with Gasteiger partial charge in [-0.15, -0.1) is 12.4 Å². The SMILES string of the molecule is Cl.O=C1N[C@H](c2cccc(F)c2Br)CO1. The molecular formula is C9H8BrClFNO2. The topological polar surface area (TPSA) is 38.3 Å². The zero-order valence-electron chi connectivity index (χ0n) is 7.50. The largest absolute Gasteiger partial charge is 0.447 e. The van der Waals surface area contributed by atoms with Gasteiger partial charge in [-0.3, -0.25) is 0 Å². The molecule has 1 amide bonds. The lowest BCUT2D eigenvalue weighted by atomic mass is 10.1. The van der Waals surface area contributed by atoms with E-state index >= 15 is 0 Å². The quantitative estimate of drug-likeness (QED) is 0.865. The van der Waals surface area contributed by atoms with Crippen LogP contribution in [0.4, 0.5) is 9.18 Å². The summed E-state index contributed by atoms with van der Waals surface area (Å²) < 4.78 is 18.2. The summed E-state index contributed by atoms with van der Waals surface area (Å²) in [4.78, 5) is 10.8. The van der Waals surface area contributed by atoms with Crippen molar-refractivity contribution in [3.8, 4) is 0 Å². The molecule has 1 aliphatic heterocycles. The third-order valence-electron chi connectivity index (χ3n) is 2.03. The minimum absolute atomic E-state index is 0. The zero-order valence-corrected chi connectivity index (χ0v) is 9.90. The van der Waals surface area contributed by atoms with Crippen LogP contribution < -0.4 is 5.32 Å². The van der Waals surface area contributed by atoms with E-state index in [9.17, 15) is 9.18 Å².